The van der Waals surface area contributed by atoms with E-state index in [1.165, 1.54) is 46.9 Å². The number of aryl methyl sites for hydroxylation is 2. The summed E-state index contributed by atoms with van der Waals surface area (Å²) in [4.78, 5) is 13.7. The summed E-state index contributed by atoms with van der Waals surface area (Å²) in [6.45, 7) is 8.19. The Kier molecular flexibility index (Phi) is 10.5. The lowest BCUT2D eigenvalue weighted by atomic mass is 10.1. The zero-order valence-corrected chi connectivity index (χ0v) is 23.6. The summed E-state index contributed by atoms with van der Waals surface area (Å²) in [5, 5.41) is 6.21. The van der Waals surface area contributed by atoms with Crippen molar-refractivity contribution in [3.05, 3.63) is 137 Å². The minimum Gasteiger partial charge on any atom is -0.354 e. The van der Waals surface area contributed by atoms with Crippen LogP contribution in [0.4, 0.5) is 10.1 Å². The van der Waals surface area contributed by atoms with Crippen LogP contribution in [0, 0.1) is 5.82 Å². The zero-order chi connectivity index (χ0) is 28.3. The monoisotopic (exact) mass is 555 g/mol. The third-order valence-corrected chi connectivity index (χ3v) is 7.16. The third kappa shape index (κ3) is 8.29. The molecular formula is C33H34FN3O2S. The van der Waals surface area contributed by atoms with Crippen LogP contribution in [0.2, 0.25) is 0 Å². The summed E-state index contributed by atoms with van der Waals surface area (Å²) < 4.78 is 18.9. The van der Waals surface area contributed by atoms with Gasteiger partial charge in [-0.15, -0.1) is 0 Å². The van der Waals surface area contributed by atoms with Gasteiger partial charge in [0.05, 0.1) is 29.5 Å². The van der Waals surface area contributed by atoms with Crippen LogP contribution in [0.5, 0.6) is 0 Å². The molecule has 3 aromatic carbocycles. The van der Waals surface area contributed by atoms with Gasteiger partial charge in [-0.1, -0.05) is 56.0 Å². The van der Waals surface area contributed by atoms with Gasteiger partial charge in [0.2, 0.25) is 5.91 Å². The zero-order valence-electron chi connectivity index (χ0n) is 22.7. The van der Waals surface area contributed by atoms with Gasteiger partial charge in [-0.3, -0.25) is 4.79 Å². The molecule has 0 aliphatic heterocycles. The fraction of sp³-hybridized carbons (Fsp3) is 0.182. The number of allylic oxidation sites excluding steroid dienone is 3. The van der Waals surface area contributed by atoms with Gasteiger partial charge in [-0.05, 0) is 97.0 Å². The quantitative estimate of drug-likeness (QED) is 0.0921. The molecule has 206 valence electrons. The number of hydrogen-bond donors (Lipinski definition) is 3. The molecule has 5 nitrogen and oxygen atoms in total. The lowest BCUT2D eigenvalue weighted by Crippen LogP contribution is -2.23. The molecule has 0 fully saturated rings. The molecule has 0 aromatic heterocycles. The fourth-order valence-corrected chi connectivity index (χ4v) is 4.79. The van der Waals surface area contributed by atoms with E-state index < -0.39 is 0 Å². The van der Waals surface area contributed by atoms with Crippen molar-refractivity contribution in [2.24, 2.45) is 0 Å². The summed E-state index contributed by atoms with van der Waals surface area (Å²) in [7, 11) is 0. The first-order chi connectivity index (χ1) is 19.4. The molecule has 0 radical (unpaired) electrons. The number of carbonyl (C=O) groups excluding carboxylic acids is 1. The maximum atomic E-state index is 13.1. The van der Waals surface area contributed by atoms with Crippen LogP contribution in [0.15, 0.2) is 114 Å². The Morgan fingerprint density at radius 3 is 2.62 bits per heavy atom. The van der Waals surface area contributed by atoms with E-state index in [4.69, 9.17) is 4.28 Å². The van der Waals surface area contributed by atoms with Crippen molar-refractivity contribution in [1.82, 2.24) is 10.8 Å². The average Bonchev–Trinajstić information content (AvgIpc) is 3.37. The summed E-state index contributed by atoms with van der Waals surface area (Å²) in [5.74, 6) is -0.640. The van der Waals surface area contributed by atoms with Crippen LogP contribution >= 0.6 is 12.0 Å². The molecular weight excluding hydrogens is 521 g/mol. The van der Waals surface area contributed by atoms with Crippen LogP contribution in [0.3, 0.4) is 0 Å². The van der Waals surface area contributed by atoms with Crippen molar-refractivity contribution < 1.29 is 13.5 Å². The highest BCUT2D eigenvalue weighted by Crippen LogP contribution is 2.34. The van der Waals surface area contributed by atoms with Gasteiger partial charge in [0, 0.05) is 16.7 Å². The molecule has 4 rings (SSSR count). The van der Waals surface area contributed by atoms with Crippen molar-refractivity contribution in [2.45, 2.75) is 44.0 Å². The number of rotatable bonds is 12. The predicted octanol–water partition coefficient (Wildman–Crippen LogP) is 7.82. The second-order valence-electron chi connectivity index (χ2n) is 9.37. The molecule has 0 saturated heterocycles. The van der Waals surface area contributed by atoms with Crippen LogP contribution in [0.1, 0.15) is 48.6 Å². The number of carbonyl (C=O) groups is 1. The first-order valence-electron chi connectivity index (χ1n) is 13.3. The van der Waals surface area contributed by atoms with Crippen LogP contribution in [-0.4, -0.2) is 5.91 Å². The molecule has 0 heterocycles. The number of anilines is 1. The summed E-state index contributed by atoms with van der Waals surface area (Å²) in [5.41, 5.74) is 9.63. The number of amides is 1. The van der Waals surface area contributed by atoms with E-state index in [9.17, 15) is 9.18 Å². The molecule has 1 unspecified atom stereocenters. The molecule has 0 spiro atoms. The standard InChI is InChI=1S/C33H34FN3O2S/c1-4-6-7-31(36-33(38)21-12-25-8-15-27(34)16-9-25)23(3)35-28-17-13-26-14-20-32(30(26)22-28)37-39-40-29-18-10-24(5-2)11-19-29/h4,6-13,15-19,21-22,32,35,37H,3,5,14,20H2,1-2H3,(H,36,38)/b6-4-,21-12+,31-7+. The molecule has 1 amide bonds. The number of hydroxylamine groups is 1. The Balaban J connectivity index is 1.37. The maximum absolute atomic E-state index is 13.1. The van der Waals surface area contributed by atoms with Crippen LogP contribution < -0.4 is 16.1 Å². The Hall–Kier alpha value is -3.91. The molecule has 3 aromatic rings. The van der Waals surface area contributed by atoms with Crippen molar-refractivity contribution in [1.29, 1.82) is 0 Å². The average molecular weight is 556 g/mol. The molecule has 40 heavy (non-hydrogen) atoms. The number of halogens is 1. The number of nitrogens with one attached hydrogen (secondary N) is 3. The molecule has 0 bridgehead atoms. The molecule has 1 aliphatic rings. The van der Waals surface area contributed by atoms with Gasteiger partial charge >= 0.3 is 0 Å². The normalized spacial score (nSPS) is 15.0. The van der Waals surface area contributed by atoms with Crippen molar-refractivity contribution in [2.75, 3.05) is 5.32 Å². The van der Waals surface area contributed by atoms with Crippen molar-refractivity contribution >= 4 is 29.7 Å². The highest BCUT2D eigenvalue weighted by Gasteiger charge is 2.23. The van der Waals surface area contributed by atoms with E-state index in [2.05, 4.69) is 66.0 Å². The molecule has 0 saturated carbocycles. The van der Waals surface area contributed by atoms with Gasteiger partial charge < -0.3 is 10.6 Å². The first-order valence-corrected chi connectivity index (χ1v) is 14.0. The Labute approximate surface area is 240 Å². The van der Waals surface area contributed by atoms with Crippen LogP contribution in [0.25, 0.3) is 6.08 Å². The third-order valence-electron chi connectivity index (χ3n) is 6.51. The van der Waals surface area contributed by atoms with E-state index in [1.807, 2.05) is 25.1 Å². The Morgan fingerprint density at radius 2 is 1.90 bits per heavy atom. The minimum atomic E-state index is -0.321. The smallest absolute Gasteiger partial charge is 0.248 e. The second kappa shape index (κ2) is 14.5. The summed E-state index contributed by atoms with van der Waals surface area (Å²) in [6, 6.07) is 20.6. The van der Waals surface area contributed by atoms with Gasteiger partial charge in [0.15, 0.2) is 0 Å². The van der Waals surface area contributed by atoms with E-state index >= 15 is 0 Å². The number of benzene rings is 3. The lowest BCUT2D eigenvalue weighted by Gasteiger charge is -2.17. The van der Waals surface area contributed by atoms with E-state index in [1.54, 1.807) is 24.3 Å². The lowest BCUT2D eigenvalue weighted by molar-refractivity contribution is -0.115. The van der Waals surface area contributed by atoms with Gasteiger partial charge in [-0.25, -0.2) is 8.67 Å². The van der Waals surface area contributed by atoms with Gasteiger partial charge in [0.1, 0.15) is 5.82 Å². The topological polar surface area (TPSA) is 62.4 Å². The van der Waals surface area contributed by atoms with E-state index in [-0.39, 0.29) is 17.8 Å². The highest BCUT2D eigenvalue weighted by molar-refractivity contribution is 7.94. The number of fused-ring (bicyclic) bond motifs is 1. The molecule has 7 heteroatoms. The van der Waals surface area contributed by atoms with Gasteiger partial charge in [0.25, 0.3) is 0 Å². The van der Waals surface area contributed by atoms with Crippen LogP contribution in [-0.2, 0) is 21.9 Å². The molecule has 3 N–H and O–H groups in total. The SMILES string of the molecule is C=C(Nc1ccc2c(c1)C(NOSc1ccc(CC)cc1)CC2)/C(=C\C=C/C)NC(=O)/C=C/c1ccc(F)cc1. The van der Waals surface area contributed by atoms with E-state index in [0.717, 1.165) is 35.4 Å². The highest BCUT2D eigenvalue weighted by atomic mass is 32.2. The Bertz CT molecular complexity index is 1410. The predicted molar refractivity (Wildman–Crippen MR) is 163 cm³/mol. The van der Waals surface area contributed by atoms with Gasteiger partial charge in [-0.2, -0.15) is 5.48 Å². The molecule has 1 atom stereocenters. The first kappa shape index (κ1) is 29.1. The largest absolute Gasteiger partial charge is 0.354 e. The summed E-state index contributed by atoms with van der Waals surface area (Å²) in [6.07, 6.45) is 11.5. The maximum Gasteiger partial charge on any atom is 0.248 e. The Morgan fingerprint density at radius 1 is 1.12 bits per heavy atom. The molecule has 1 aliphatic carbocycles. The van der Waals surface area contributed by atoms with Crippen molar-refractivity contribution in [3.8, 4) is 0 Å². The minimum absolute atomic E-state index is 0.0711. The van der Waals surface area contributed by atoms with E-state index in [0.29, 0.717) is 11.4 Å². The second-order valence-corrected chi connectivity index (χ2v) is 10.2. The fourth-order valence-electron chi connectivity index (χ4n) is 4.29. The number of hydrogen-bond acceptors (Lipinski definition) is 5. The van der Waals surface area contributed by atoms with Crippen molar-refractivity contribution in [3.63, 3.8) is 0 Å². The summed E-state index contributed by atoms with van der Waals surface area (Å²) >= 11 is 1.32.